The Morgan fingerprint density at radius 3 is 2.56 bits per heavy atom. The lowest BCUT2D eigenvalue weighted by atomic mass is 10.1. The first-order chi connectivity index (χ1) is 11.9. The van der Waals surface area contributed by atoms with Gasteiger partial charge in [0.05, 0.1) is 15.1 Å². The molecule has 1 amide bonds. The molecule has 0 fully saturated rings. The third-order valence-corrected chi connectivity index (χ3v) is 5.28. The second-order valence-electron chi connectivity index (χ2n) is 5.70. The molecule has 0 saturated carbocycles. The number of hydrogen-bond donors (Lipinski definition) is 0. The van der Waals surface area contributed by atoms with Gasteiger partial charge in [0.25, 0.3) is 11.6 Å². The van der Waals surface area contributed by atoms with E-state index in [0.29, 0.717) is 11.3 Å². The van der Waals surface area contributed by atoms with Gasteiger partial charge in [0.1, 0.15) is 5.56 Å². The molecular weight excluding hydrogens is 338 g/mol. The highest BCUT2D eigenvalue weighted by Crippen LogP contribution is 2.25. The molecule has 3 rings (SSSR count). The summed E-state index contributed by atoms with van der Waals surface area (Å²) >= 11 is 1.43. The Balaban J connectivity index is 2.23. The first kappa shape index (κ1) is 17.0. The molecule has 0 aliphatic carbocycles. The largest absolute Gasteiger partial charge is 0.316 e. The maximum absolute atomic E-state index is 12.6. The van der Waals surface area contributed by atoms with E-state index >= 15 is 0 Å². The van der Waals surface area contributed by atoms with Crippen molar-refractivity contribution in [2.24, 2.45) is 4.99 Å². The van der Waals surface area contributed by atoms with Crippen molar-refractivity contribution in [1.82, 2.24) is 4.57 Å². The summed E-state index contributed by atoms with van der Waals surface area (Å²) in [4.78, 5) is 27.9. The summed E-state index contributed by atoms with van der Waals surface area (Å²) < 4.78 is 3.06. The van der Waals surface area contributed by atoms with Crippen molar-refractivity contribution in [2.45, 2.75) is 27.3 Å². The molecule has 2 aromatic carbocycles. The molecule has 6 nitrogen and oxygen atoms in total. The topological polar surface area (TPSA) is 77.5 Å². The lowest BCUT2D eigenvalue weighted by molar-refractivity contribution is -0.385. The van der Waals surface area contributed by atoms with Crippen molar-refractivity contribution in [3.8, 4) is 0 Å². The number of nitrogens with zero attached hydrogens (tertiary/aromatic N) is 3. The Kier molecular flexibility index (Phi) is 4.50. The average molecular weight is 355 g/mol. The Labute approximate surface area is 148 Å². The minimum atomic E-state index is -0.601. The maximum atomic E-state index is 12.6. The van der Waals surface area contributed by atoms with E-state index in [1.54, 1.807) is 6.07 Å². The molecule has 7 heteroatoms. The van der Waals surface area contributed by atoms with Crippen molar-refractivity contribution in [1.29, 1.82) is 0 Å². The Bertz CT molecular complexity index is 1060. The predicted octanol–water partition coefficient (Wildman–Crippen LogP) is 3.99. The fourth-order valence-corrected chi connectivity index (χ4v) is 4.05. The molecule has 0 bridgehead atoms. The smallest absolute Gasteiger partial charge is 0.286 e. The number of thiazole rings is 1. The lowest BCUT2D eigenvalue weighted by Crippen LogP contribution is -2.16. The van der Waals surface area contributed by atoms with Crippen LogP contribution in [0.2, 0.25) is 0 Å². The van der Waals surface area contributed by atoms with E-state index in [0.717, 1.165) is 21.3 Å². The molecule has 25 heavy (non-hydrogen) atoms. The van der Waals surface area contributed by atoms with Crippen LogP contribution in [0.3, 0.4) is 0 Å². The Morgan fingerprint density at radius 1 is 1.20 bits per heavy atom. The van der Waals surface area contributed by atoms with Crippen LogP contribution >= 0.6 is 11.3 Å². The number of amides is 1. The summed E-state index contributed by atoms with van der Waals surface area (Å²) in [6, 6.07) is 9.97. The number of aromatic nitrogens is 1. The van der Waals surface area contributed by atoms with Gasteiger partial charge >= 0.3 is 0 Å². The zero-order valence-electron chi connectivity index (χ0n) is 14.1. The molecular formula is C18H17N3O3S. The van der Waals surface area contributed by atoms with Crippen molar-refractivity contribution >= 4 is 33.1 Å². The van der Waals surface area contributed by atoms with Gasteiger partial charge in [0.15, 0.2) is 4.80 Å². The number of fused-ring (bicyclic) bond motifs is 1. The minimum Gasteiger partial charge on any atom is -0.316 e. The number of benzene rings is 2. The first-order valence-electron chi connectivity index (χ1n) is 7.86. The number of aryl methyl sites for hydroxylation is 3. The molecule has 0 saturated heterocycles. The van der Waals surface area contributed by atoms with Gasteiger partial charge < -0.3 is 4.57 Å². The van der Waals surface area contributed by atoms with Crippen LogP contribution in [0.5, 0.6) is 0 Å². The van der Waals surface area contributed by atoms with Crippen LogP contribution in [0, 0.1) is 24.0 Å². The Hall–Kier alpha value is -2.80. The third-order valence-electron chi connectivity index (χ3n) is 4.07. The quantitative estimate of drug-likeness (QED) is 0.526. The fourth-order valence-electron chi connectivity index (χ4n) is 2.81. The minimum absolute atomic E-state index is 0.000975. The molecule has 1 aromatic heterocycles. The molecule has 0 aliphatic rings. The second kappa shape index (κ2) is 6.60. The van der Waals surface area contributed by atoms with E-state index in [2.05, 4.69) is 4.99 Å². The molecule has 0 unspecified atom stereocenters. The summed E-state index contributed by atoms with van der Waals surface area (Å²) in [6.45, 7) is 6.69. The monoisotopic (exact) mass is 355 g/mol. The number of para-hydroxylation sites is 1. The van der Waals surface area contributed by atoms with Crippen molar-refractivity contribution < 1.29 is 9.72 Å². The lowest BCUT2D eigenvalue weighted by Gasteiger charge is -2.04. The summed E-state index contributed by atoms with van der Waals surface area (Å²) in [5.74, 6) is -0.601. The standard InChI is InChI=1S/C18H17N3O3S/c1-4-20-15-11(2)9-10-12(3)16(15)25-18(20)19-17(22)13-7-5-6-8-14(13)21(23)24/h5-10H,4H2,1-3H3. The van der Waals surface area contributed by atoms with Crippen LogP contribution < -0.4 is 4.80 Å². The van der Waals surface area contributed by atoms with Crippen molar-refractivity contribution in [2.75, 3.05) is 0 Å². The Morgan fingerprint density at radius 2 is 1.88 bits per heavy atom. The molecule has 0 aliphatic heterocycles. The van der Waals surface area contributed by atoms with Gasteiger partial charge in [-0.15, -0.1) is 0 Å². The zero-order valence-corrected chi connectivity index (χ0v) is 15.0. The zero-order chi connectivity index (χ0) is 18.1. The van der Waals surface area contributed by atoms with Crippen molar-refractivity contribution in [3.05, 3.63) is 68.0 Å². The van der Waals surface area contributed by atoms with Gasteiger partial charge in [-0.3, -0.25) is 14.9 Å². The summed E-state index contributed by atoms with van der Waals surface area (Å²) in [7, 11) is 0. The van der Waals surface area contributed by atoms with E-state index in [-0.39, 0.29) is 11.3 Å². The van der Waals surface area contributed by atoms with Crippen LogP contribution in [0.1, 0.15) is 28.4 Å². The van der Waals surface area contributed by atoms with E-state index in [1.165, 1.54) is 29.5 Å². The maximum Gasteiger partial charge on any atom is 0.286 e. The fraction of sp³-hybridized carbons (Fsp3) is 0.222. The van der Waals surface area contributed by atoms with Gasteiger partial charge in [-0.2, -0.15) is 4.99 Å². The SMILES string of the molecule is CCn1c(=NC(=O)c2ccccc2[N+](=O)[O-])sc2c(C)ccc(C)c21. The van der Waals surface area contributed by atoms with E-state index < -0.39 is 10.8 Å². The van der Waals surface area contributed by atoms with Gasteiger partial charge in [0.2, 0.25) is 0 Å². The van der Waals surface area contributed by atoms with Crippen LogP contribution in [0.25, 0.3) is 10.2 Å². The molecule has 3 aromatic rings. The number of carbonyl (C=O) groups excluding carboxylic acids is 1. The number of nitro groups is 1. The normalized spacial score (nSPS) is 11.9. The first-order valence-corrected chi connectivity index (χ1v) is 8.67. The van der Waals surface area contributed by atoms with E-state index in [4.69, 9.17) is 0 Å². The van der Waals surface area contributed by atoms with Gasteiger partial charge in [0, 0.05) is 12.6 Å². The summed E-state index contributed by atoms with van der Waals surface area (Å²) in [6.07, 6.45) is 0. The van der Waals surface area contributed by atoms with Crippen LogP contribution in [-0.2, 0) is 6.54 Å². The highest BCUT2D eigenvalue weighted by Gasteiger charge is 2.19. The molecule has 1 heterocycles. The molecule has 0 radical (unpaired) electrons. The number of nitro benzene ring substituents is 1. The van der Waals surface area contributed by atoms with Crippen LogP contribution in [0.4, 0.5) is 5.69 Å². The third kappa shape index (κ3) is 2.98. The molecule has 0 spiro atoms. The van der Waals surface area contributed by atoms with Gasteiger partial charge in [-0.25, -0.2) is 0 Å². The highest BCUT2D eigenvalue weighted by molar-refractivity contribution is 7.16. The van der Waals surface area contributed by atoms with Gasteiger partial charge in [-0.1, -0.05) is 35.6 Å². The highest BCUT2D eigenvalue weighted by atomic mass is 32.1. The van der Waals surface area contributed by atoms with Crippen LogP contribution in [-0.4, -0.2) is 15.4 Å². The number of rotatable bonds is 3. The molecule has 128 valence electrons. The summed E-state index contributed by atoms with van der Waals surface area (Å²) in [5, 5.41) is 11.1. The average Bonchev–Trinajstić information content (AvgIpc) is 2.97. The van der Waals surface area contributed by atoms with E-state index in [1.807, 2.05) is 37.5 Å². The van der Waals surface area contributed by atoms with E-state index in [9.17, 15) is 14.9 Å². The molecule has 0 atom stereocenters. The second-order valence-corrected chi connectivity index (χ2v) is 6.67. The molecule has 0 N–H and O–H groups in total. The predicted molar refractivity (Wildman–Crippen MR) is 98.0 cm³/mol. The van der Waals surface area contributed by atoms with Crippen molar-refractivity contribution in [3.63, 3.8) is 0 Å². The van der Waals surface area contributed by atoms with Crippen LogP contribution in [0.15, 0.2) is 41.4 Å². The number of carbonyl (C=O) groups is 1. The van der Waals surface area contributed by atoms with Gasteiger partial charge in [-0.05, 0) is 38.0 Å². The number of hydrogen-bond acceptors (Lipinski definition) is 4. The summed E-state index contributed by atoms with van der Waals surface area (Å²) in [5.41, 5.74) is 3.06.